The van der Waals surface area contributed by atoms with Crippen molar-refractivity contribution in [2.45, 2.75) is 11.6 Å². The zero-order valence-corrected chi connectivity index (χ0v) is 16.2. The molecule has 3 rings (SSSR count). The van der Waals surface area contributed by atoms with Gasteiger partial charge in [-0.15, -0.1) is 0 Å². The van der Waals surface area contributed by atoms with Crippen LogP contribution in [0.3, 0.4) is 0 Å². The van der Waals surface area contributed by atoms with Crippen molar-refractivity contribution in [2.24, 2.45) is 0 Å². The number of aromatic amines is 1. The van der Waals surface area contributed by atoms with Gasteiger partial charge in [0.2, 0.25) is 5.91 Å². The number of carbonyl (C=O) groups is 1. The second-order valence-corrected chi connectivity index (χ2v) is 7.18. The number of anilines is 1. The van der Waals surface area contributed by atoms with E-state index < -0.39 is 0 Å². The van der Waals surface area contributed by atoms with E-state index in [0.29, 0.717) is 12.3 Å². The molecule has 1 aromatic heterocycles. The number of nitrogens with one attached hydrogen (secondary N) is 2. The van der Waals surface area contributed by atoms with Crippen LogP contribution in [0.15, 0.2) is 72.0 Å². The molecule has 0 bridgehead atoms. The molecule has 0 radical (unpaired) electrons. The van der Waals surface area contributed by atoms with Crippen molar-refractivity contribution < 1.29 is 4.79 Å². The number of thioether (sulfide) groups is 1. The smallest absolute Gasteiger partial charge is 0.230 e. The van der Waals surface area contributed by atoms with Crippen molar-refractivity contribution in [3.05, 3.63) is 66.9 Å². The summed E-state index contributed by atoms with van der Waals surface area (Å²) in [6.07, 6.45) is 2.70. The van der Waals surface area contributed by atoms with Crippen molar-refractivity contribution in [1.82, 2.24) is 15.3 Å². The van der Waals surface area contributed by atoms with Gasteiger partial charge in [-0.3, -0.25) is 4.79 Å². The maximum absolute atomic E-state index is 12.0. The lowest BCUT2D eigenvalue weighted by Crippen LogP contribution is -2.29. The van der Waals surface area contributed by atoms with E-state index in [1.807, 2.05) is 48.5 Å². The summed E-state index contributed by atoms with van der Waals surface area (Å²) in [4.78, 5) is 21.8. The van der Waals surface area contributed by atoms with Gasteiger partial charge < -0.3 is 15.2 Å². The zero-order chi connectivity index (χ0) is 18.9. The zero-order valence-electron chi connectivity index (χ0n) is 15.4. The Kier molecular flexibility index (Phi) is 6.93. The first kappa shape index (κ1) is 19.0. The molecular formula is C21H24N4OS. The van der Waals surface area contributed by atoms with Crippen LogP contribution in [0.25, 0.3) is 11.3 Å². The fraction of sp³-hybridized carbons (Fsp3) is 0.238. The van der Waals surface area contributed by atoms with Crippen molar-refractivity contribution in [1.29, 1.82) is 0 Å². The lowest BCUT2D eigenvalue weighted by Gasteiger charge is -2.19. The highest BCUT2D eigenvalue weighted by Gasteiger charge is 2.07. The van der Waals surface area contributed by atoms with Crippen LogP contribution in [-0.2, 0) is 4.79 Å². The van der Waals surface area contributed by atoms with Gasteiger partial charge in [0, 0.05) is 25.8 Å². The van der Waals surface area contributed by atoms with E-state index in [2.05, 4.69) is 39.4 Å². The van der Waals surface area contributed by atoms with Gasteiger partial charge in [-0.25, -0.2) is 4.98 Å². The molecule has 0 aliphatic heterocycles. The highest BCUT2D eigenvalue weighted by atomic mass is 32.2. The van der Waals surface area contributed by atoms with Crippen LogP contribution >= 0.6 is 11.8 Å². The minimum absolute atomic E-state index is 0.0278. The predicted molar refractivity (Wildman–Crippen MR) is 112 cm³/mol. The van der Waals surface area contributed by atoms with Gasteiger partial charge in [0.15, 0.2) is 5.16 Å². The van der Waals surface area contributed by atoms with E-state index in [-0.39, 0.29) is 5.91 Å². The molecule has 0 atom stereocenters. The minimum atomic E-state index is 0.0278. The van der Waals surface area contributed by atoms with Gasteiger partial charge in [-0.1, -0.05) is 60.3 Å². The number of amides is 1. The van der Waals surface area contributed by atoms with Crippen LogP contribution in [0.1, 0.15) is 6.42 Å². The summed E-state index contributed by atoms with van der Waals surface area (Å²) in [6.45, 7) is 1.57. The number of benzene rings is 2. The Bertz CT molecular complexity index is 836. The van der Waals surface area contributed by atoms with Gasteiger partial charge in [-0.2, -0.15) is 0 Å². The van der Waals surface area contributed by atoms with E-state index >= 15 is 0 Å². The Morgan fingerprint density at radius 1 is 1.11 bits per heavy atom. The van der Waals surface area contributed by atoms with Crippen LogP contribution in [0.2, 0.25) is 0 Å². The molecule has 1 heterocycles. The summed E-state index contributed by atoms with van der Waals surface area (Å²) in [5.74, 6) is 0.385. The second-order valence-electron chi connectivity index (χ2n) is 6.22. The number of carbonyl (C=O) groups excluding carboxylic acids is 1. The number of nitrogens with zero attached hydrogens (tertiary/aromatic N) is 2. The maximum Gasteiger partial charge on any atom is 0.230 e. The van der Waals surface area contributed by atoms with Crippen LogP contribution < -0.4 is 10.2 Å². The highest BCUT2D eigenvalue weighted by molar-refractivity contribution is 7.99. The molecule has 140 valence electrons. The van der Waals surface area contributed by atoms with E-state index in [1.54, 1.807) is 6.20 Å². The van der Waals surface area contributed by atoms with Crippen molar-refractivity contribution in [3.8, 4) is 11.3 Å². The number of hydrogen-bond donors (Lipinski definition) is 2. The molecule has 0 spiro atoms. The van der Waals surface area contributed by atoms with Crippen molar-refractivity contribution in [2.75, 3.05) is 30.8 Å². The first-order valence-electron chi connectivity index (χ1n) is 8.98. The molecule has 0 saturated heterocycles. The normalized spacial score (nSPS) is 10.6. The Hall–Kier alpha value is -2.73. The number of aromatic nitrogens is 2. The van der Waals surface area contributed by atoms with E-state index in [9.17, 15) is 4.79 Å². The summed E-state index contributed by atoms with van der Waals surface area (Å²) in [6, 6.07) is 20.3. The summed E-state index contributed by atoms with van der Waals surface area (Å²) < 4.78 is 0. The molecule has 0 unspecified atom stereocenters. The highest BCUT2D eigenvalue weighted by Crippen LogP contribution is 2.20. The predicted octanol–water partition coefficient (Wildman–Crippen LogP) is 3.81. The molecule has 2 N–H and O–H groups in total. The fourth-order valence-electron chi connectivity index (χ4n) is 2.68. The maximum atomic E-state index is 12.0. The van der Waals surface area contributed by atoms with E-state index in [4.69, 9.17) is 0 Å². The van der Waals surface area contributed by atoms with Crippen molar-refractivity contribution in [3.63, 3.8) is 0 Å². The van der Waals surface area contributed by atoms with E-state index in [0.717, 1.165) is 29.4 Å². The Balaban J connectivity index is 1.35. The topological polar surface area (TPSA) is 61.0 Å². The molecule has 6 heteroatoms. The molecule has 5 nitrogen and oxygen atoms in total. The molecule has 1 amide bonds. The van der Waals surface area contributed by atoms with E-state index in [1.165, 1.54) is 17.4 Å². The first-order chi connectivity index (χ1) is 13.2. The molecular weight excluding hydrogens is 356 g/mol. The van der Waals surface area contributed by atoms with Crippen LogP contribution in [-0.4, -0.2) is 41.8 Å². The Labute approximate surface area is 164 Å². The number of hydrogen-bond acceptors (Lipinski definition) is 4. The molecule has 0 fully saturated rings. The average molecular weight is 381 g/mol. The van der Waals surface area contributed by atoms with Gasteiger partial charge in [0.1, 0.15) is 0 Å². The number of para-hydroxylation sites is 1. The molecule has 2 aromatic carbocycles. The van der Waals surface area contributed by atoms with Gasteiger partial charge >= 0.3 is 0 Å². The molecule has 0 aliphatic rings. The van der Waals surface area contributed by atoms with Gasteiger partial charge in [0.05, 0.1) is 17.6 Å². The van der Waals surface area contributed by atoms with Crippen molar-refractivity contribution >= 4 is 23.4 Å². The lowest BCUT2D eigenvalue weighted by atomic mass is 10.2. The standard InChI is InChI=1S/C21H24N4OS/c1-25(18-11-6-3-7-12-18)14-8-13-22-20(26)16-27-21-23-15-19(24-21)17-9-4-2-5-10-17/h2-7,9-12,15H,8,13-14,16H2,1H3,(H,22,26)(H,23,24). The summed E-state index contributed by atoms with van der Waals surface area (Å²) in [5, 5.41) is 3.73. The Morgan fingerprint density at radius 3 is 2.56 bits per heavy atom. The molecule has 3 aromatic rings. The third-order valence-corrected chi connectivity index (χ3v) is 5.05. The third-order valence-electron chi connectivity index (χ3n) is 4.17. The molecule has 0 aliphatic carbocycles. The quantitative estimate of drug-likeness (QED) is 0.438. The van der Waals surface area contributed by atoms with Gasteiger partial charge in [-0.05, 0) is 24.1 Å². The number of imidazole rings is 1. The Morgan fingerprint density at radius 2 is 1.81 bits per heavy atom. The molecule has 27 heavy (non-hydrogen) atoms. The number of rotatable bonds is 9. The summed E-state index contributed by atoms with van der Waals surface area (Å²) >= 11 is 1.42. The third kappa shape index (κ3) is 5.89. The largest absolute Gasteiger partial charge is 0.375 e. The van der Waals surface area contributed by atoms with Crippen LogP contribution in [0.5, 0.6) is 0 Å². The van der Waals surface area contributed by atoms with Gasteiger partial charge in [0.25, 0.3) is 0 Å². The molecule has 0 saturated carbocycles. The second kappa shape index (κ2) is 9.83. The summed E-state index contributed by atoms with van der Waals surface area (Å²) in [5.41, 5.74) is 3.23. The fourth-order valence-corrected chi connectivity index (χ4v) is 3.36. The monoisotopic (exact) mass is 380 g/mol. The lowest BCUT2D eigenvalue weighted by molar-refractivity contribution is -0.118. The average Bonchev–Trinajstić information content (AvgIpc) is 3.20. The van der Waals surface area contributed by atoms with Crippen LogP contribution in [0, 0.1) is 0 Å². The SMILES string of the molecule is CN(CCCNC(=O)CSc1ncc(-c2ccccc2)[nH]1)c1ccccc1. The number of H-pyrrole nitrogens is 1. The first-order valence-corrected chi connectivity index (χ1v) is 9.97. The minimum Gasteiger partial charge on any atom is -0.375 e. The van der Waals surface area contributed by atoms with Crippen LogP contribution in [0.4, 0.5) is 5.69 Å². The summed E-state index contributed by atoms with van der Waals surface area (Å²) in [7, 11) is 2.06.